The molecule has 0 bridgehead atoms. The molecule has 2 aromatic carbocycles. The zero-order valence-corrected chi connectivity index (χ0v) is 16.1. The van der Waals surface area contributed by atoms with E-state index >= 15 is 0 Å². The van der Waals surface area contributed by atoms with E-state index in [2.05, 4.69) is 4.98 Å². The van der Waals surface area contributed by atoms with E-state index in [1.807, 2.05) is 0 Å². The van der Waals surface area contributed by atoms with Gasteiger partial charge in [0.25, 0.3) is 0 Å². The van der Waals surface area contributed by atoms with Gasteiger partial charge < -0.3 is 5.11 Å². The molecule has 9 heteroatoms. The van der Waals surface area contributed by atoms with Gasteiger partial charge in [-0.3, -0.25) is 0 Å². The summed E-state index contributed by atoms with van der Waals surface area (Å²) in [5.41, 5.74) is -1.91. The largest absolute Gasteiger partial charge is 0.505 e. The lowest BCUT2D eigenvalue weighted by Gasteiger charge is -2.17. The van der Waals surface area contributed by atoms with Crippen molar-refractivity contribution < 1.29 is 18.3 Å². The topological polar surface area (TPSA) is 33.1 Å². The SMILES string of the molecule is Oc1c(-c2c(Cl)cccc2Cl)cc(C(F)(F)F)nc1-c1c(Cl)cccc1Cl. The monoisotopic (exact) mass is 451 g/mol. The van der Waals surface area contributed by atoms with Gasteiger partial charge in [0.15, 0.2) is 0 Å². The summed E-state index contributed by atoms with van der Waals surface area (Å²) in [5.74, 6) is -0.576. The molecule has 1 aromatic heterocycles. The Morgan fingerprint density at radius 3 is 1.67 bits per heavy atom. The molecule has 0 aliphatic rings. The second kappa shape index (κ2) is 7.40. The van der Waals surface area contributed by atoms with Crippen LogP contribution in [0.1, 0.15) is 5.69 Å². The van der Waals surface area contributed by atoms with Gasteiger partial charge in [-0.2, -0.15) is 13.2 Å². The molecule has 0 aliphatic heterocycles. The summed E-state index contributed by atoms with van der Waals surface area (Å²) in [6.07, 6.45) is -4.79. The van der Waals surface area contributed by atoms with Gasteiger partial charge in [-0.25, -0.2) is 4.98 Å². The highest BCUT2D eigenvalue weighted by Gasteiger charge is 2.35. The number of rotatable bonds is 2. The number of nitrogens with zero attached hydrogens (tertiary/aromatic N) is 1. The number of aromatic nitrogens is 1. The molecule has 0 saturated carbocycles. The molecule has 27 heavy (non-hydrogen) atoms. The first-order valence-electron chi connectivity index (χ1n) is 7.31. The van der Waals surface area contributed by atoms with Crippen LogP contribution in [0.15, 0.2) is 42.5 Å². The Hall–Kier alpha value is -1.66. The van der Waals surface area contributed by atoms with Crippen LogP contribution in [0.5, 0.6) is 5.75 Å². The predicted octanol–water partition coefficient (Wildman–Crippen LogP) is 7.75. The summed E-state index contributed by atoms with van der Waals surface area (Å²) in [7, 11) is 0. The van der Waals surface area contributed by atoms with Crippen molar-refractivity contribution in [2.75, 3.05) is 0 Å². The molecule has 2 nitrogen and oxygen atoms in total. The highest BCUT2D eigenvalue weighted by molar-refractivity contribution is 6.40. The van der Waals surface area contributed by atoms with Gasteiger partial charge in [-0.1, -0.05) is 58.5 Å². The van der Waals surface area contributed by atoms with Crippen LogP contribution in [-0.2, 0) is 6.18 Å². The van der Waals surface area contributed by atoms with Crippen LogP contribution >= 0.6 is 46.4 Å². The van der Waals surface area contributed by atoms with Gasteiger partial charge in [0.2, 0.25) is 0 Å². The molecule has 0 spiro atoms. The summed E-state index contributed by atoms with van der Waals surface area (Å²) >= 11 is 24.4. The van der Waals surface area contributed by atoms with Crippen molar-refractivity contribution in [1.82, 2.24) is 4.98 Å². The number of hydrogen-bond donors (Lipinski definition) is 1. The van der Waals surface area contributed by atoms with E-state index in [4.69, 9.17) is 46.4 Å². The number of aromatic hydroxyl groups is 1. The first kappa shape index (κ1) is 20.1. The van der Waals surface area contributed by atoms with Crippen molar-refractivity contribution in [3.8, 4) is 28.1 Å². The van der Waals surface area contributed by atoms with Gasteiger partial charge in [-0.05, 0) is 30.3 Å². The fourth-order valence-corrected chi connectivity index (χ4v) is 3.71. The first-order valence-corrected chi connectivity index (χ1v) is 8.82. The quantitative estimate of drug-likeness (QED) is 0.431. The summed E-state index contributed by atoms with van der Waals surface area (Å²) in [5, 5.41) is 10.9. The first-order chi connectivity index (χ1) is 12.6. The third kappa shape index (κ3) is 3.83. The fraction of sp³-hybridized carbons (Fsp3) is 0.0556. The van der Waals surface area contributed by atoms with E-state index in [-0.39, 0.29) is 36.8 Å². The molecular formula is C18H8Cl4F3NO. The lowest BCUT2D eigenvalue weighted by molar-refractivity contribution is -0.141. The molecule has 1 heterocycles. The maximum atomic E-state index is 13.4. The number of hydrogen-bond acceptors (Lipinski definition) is 2. The summed E-state index contributed by atoms with van der Waals surface area (Å²) in [4.78, 5) is 3.55. The lowest BCUT2D eigenvalue weighted by Crippen LogP contribution is -2.09. The molecule has 0 unspecified atom stereocenters. The Bertz CT molecular complexity index is 925. The van der Waals surface area contributed by atoms with E-state index in [1.165, 1.54) is 36.4 Å². The highest BCUT2D eigenvalue weighted by Crippen LogP contribution is 2.47. The molecule has 0 atom stereocenters. The smallest absolute Gasteiger partial charge is 0.433 e. The maximum Gasteiger partial charge on any atom is 0.433 e. The Balaban J connectivity index is 2.43. The van der Waals surface area contributed by atoms with E-state index in [0.29, 0.717) is 6.07 Å². The van der Waals surface area contributed by atoms with Crippen molar-refractivity contribution in [2.24, 2.45) is 0 Å². The van der Waals surface area contributed by atoms with Crippen LogP contribution in [0.4, 0.5) is 13.2 Å². The van der Waals surface area contributed by atoms with E-state index in [1.54, 1.807) is 0 Å². The van der Waals surface area contributed by atoms with Crippen LogP contribution in [-0.4, -0.2) is 10.1 Å². The molecule has 140 valence electrons. The Morgan fingerprint density at radius 2 is 1.22 bits per heavy atom. The lowest BCUT2D eigenvalue weighted by atomic mass is 10.00. The Labute approximate surface area is 172 Å². The van der Waals surface area contributed by atoms with E-state index in [0.717, 1.165) is 0 Å². The van der Waals surface area contributed by atoms with Crippen molar-refractivity contribution >= 4 is 46.4 Å². The van der Waals surface area contributed by atoms with Crippen LogP contribution in [0.2, 0.25) is 20.1 Å². The fourth-order valence-electron chi connectivity index (χ4n) is 2.53. The van der Waals surface area contributed by atoms with Crippen molar-refractivity contribution in [3.63, 3.8) is 0 Å². The Kier molecular flexibility index (Phi) is 5.50. The number of halogens is 7. The van der Waals surface area contributed by atoms with Crippen molar-refractivity contribution in [2.45, 2.75) is 6.18 Å². The zero-order valence-electron chi connectivity index (χ0n) is 13.1. The summed E-state index contributed by atoms with van der Waals surface area (Å²) in [6, 6.07) is 9.46. The number of benzene rings is 2. The second-order valence-electron chi connectivity index (χ2n) is 5.44. The molecule has 3 aromatic rings. The number of pyridine rings is 1. The van der Waals surface area contributed by atoms with Crippen LogP contribution < -0.4 is 0 Å². The third-order valence-corrected chi connectivity index (χ3v) is 4.97. The van der Waals surface area contributed by atoms with Gasteiger partial charge in [0.1, 0.15) is 17.1 Å². The minimum Gasteiger partial charge on any atom is -0.505 e. The normalized spacial score (nSPS) is 11.7. The minimum atomic E-state index is -4.79. The van der Waals surface area contributed by atoms with Gasteiger partial charge in [-0.15, -0.1) is 0 Å². The van der Waals surface area contributed by atoms with Gasteiger partial charge in [0.05, 0.1) is 20.1 Å². The Morgan fingerprint density at radius 1 is 0.778 bits per heavy atom. The highest BCUT2D eigenvalue weighted by atomic mass is 35.5. The van der Waals surface area contributed by atoms with Crippen molar-refractivity contribution in [1.29, 1.82) is 0 Å². The van der Waals surface area contributed by atoms with Crippen molar-refractivity contribution in [3.05, 3.63) is 68.2 Å². The molecule has 0 fully saturated rings. The molecule has 0 aliphatic carbocycles. The second-order valence-corrected chi connectivity index (χ2v) is 7.07. The molecule has 1 N–H and O–H groups in total. The van der Waals surface area contributed by atoms with Crippen LogP contribution in [0.25, 0.3) is 22.4 Å². The number of alkyl halides is 3. The summed E-state index contributed by atoms with van der Waals surface area (Å²) in [6.45, 7) is 0. The maximum absolute atomic E-state index is 13.4. The molecule has 0 saturated heterocycles. The minimum absolute atomic E-state index is 0.0285. The molecular weight excluding hydrogens is 445 g/mol. The molecule has 3 rings (SSSR count). The average molecular weight is 453 g/mol. The summed E-state index contributed by atoms with van der Waals surface area (Å²) < 4.78 is 40.3. The predicted molar refractivity (Wildman–Crippen MR) is 102 cm³/mol. The van der Waals surface area contributed by atoms with Crippen LogP contribution in [0.3, 0.4) is 0 Å². The van der Waals surface area contributed by atoms with Gasteiger partial charge in [0, 0.05) is 16.7 Å². The third-order valence-electron chi connectivity index (χ3n) is 3.71. The zero-order chi connectivity index (χ0) is 19.9. The van der Waals surface area contributed by atoms with Crippen LogP contribution in [0, 0.1) is 0 Å². The molecule has 0 amide bonds. The van der Waals surface area contributed by atoms with Gasteiger partial charge >= 0.3 is 6.18 Å². The average Bonchev–Trinajstić information content (AvgIpc) is 2.56. The van der Waals surface area contributed by atoms with E-state index in [9.17, 15) is 18.3 Å². The standard InChI is InChI=1S/C18H8Cl4F3NO/c19-9-3-1-4-10(20)14(9)8-7-13(18(23,24)25)26-16(17(8)27)15-11(21)5-2-6-12(15)22/h1-7,27H. The van der Waals surface area contributed by atoms with E-state index < -0.39 is 23.3 Å². The molecule has 0 radical (unpaired) electrons.